The van der Waals surface area contributed by atoms with Crippen molar-refractivity contribution >= 4 is 16.0 Å². The van der Waals surface area contributed by atoms with E-state index in [4.69, 9.17) is 14.7 Å². The summed E-state index contributed by atoms with van der Waals surface area (Å²) in [6.07, 6.45) is 3.46. The van der Waals surface area contributed by atoms with Gasteiger partial charge in [0.05, 0.1) is 18.8 Å². The Kier molecular flexibility index (Phi) is 4.81. The van der Waals surface area contributed by atoms with Crippen molar-refractivity contribution in [1.82, 2.24) is 4.89 Å². The Morgan fingerprint density at radius 3 is 2.57 bits per heavy atom. The molecule has 2 rings (SSSR count). The van der Waals surface area contributed by atoms with Crippen molar-refractivity contribution < 1.29 is 27.9 Å². The summed E-state index contributed by atoms with van der Waals surface area (Å²) in [6.45, 7) is 0. The van der Waals surface area contributed by atoms with Gasteiger partial charge in [0, 0.05) is 0 Å². The molecule has 0 spiro atoms. The van der Waals surface area contributed by atoms with Crippen molar-refractivity contribution in [2.24, 2.45) is 0 Å². The van der Waals surface area contributed by atoms with Gasteiger partial charge in [-0.05, 0) is 31.0 Å². The van der Waals surface area contributed by atoms with Crippen LogP contribution >= 0.6 is 0 Å². The molecule has 8 heteroatoms. The van der Waals surface area contributed by atoms with Gasteiger partial charge in [0.1, 0.15) is 10.6 Å². The Hall–Kier alpha value is -1.64. The Balaban J connectivity index is 2.24. The van der Waals surface area contributed by atoms with E-state index in [1.54, 1.807) is 0 Å². The molecule has 1 aromatic rings. The zero-order valence-electron chi connectivity index (χ0n) is 11.5. The van der Waals surface area contributed by atoms with Gasteiger partial charge in [0.25, 0.3) is 10.0 Å². The van der Waals surface area contributed by atoms with E-state index in [9.17, 15) is 13.2 Å². The van der Waals surface area contributed by atoms with Crippen LogP contribution in [0.15, 0.2) is 23.1 Å². The molecule has 1 aliphatic rings. The van der Waals surface area contributed by atoms with Crippen LogP contribution in [0.25, 0.3) is 0 Å². The summed E-state index contributed by atoms with van der Waals surface area (Å²) in [5.41, 5.74) is -0.142. The van der Waals surface area contributed by atoms with Gasteiger partial charge in [-0.3, -0.25) is 4.84 Å². The minimum absolute atomic E-state index is 0.0579. The van der Waals surface area contributed by atoms with E-state index < -0.39 is 16.0 Å². The maximum absolute atomic E-state index is 12.2. The van der Waals surface area contributed by atoms with Gasteiger partial charge in [-0.1, -0.05) is 17.7 Å². The summed E-state index contributed by atoms with van der Waals surface area (Å²) in [6, 6.07) is 3.62. The molecule has 7 nitrogen and oxygen atoms in total. The highest BCUT2D eigenvalue weighted by Crippen LogP contribution is 2.26. The monoisotopic (exact) mass is 315 g/mol. The molecule has 0 saturated heterocycles. The molecule has 2 N–H and O–H groups in total. The zero-order chi connectivity index (χ0) is 15.5. The van der Waals surface area contributed by atoms with Crippen LogP contribution in [-0.4, -0.2) is 32.7 Å². The number of carboxylic acids is 1. The van der Waals surface area contributed by atoms with Crippen molar-refractivity contribution in [3.63, 3.8) is 0 Å². The number of methoxy groups -OCH3 is 1. The second kappa shape index (κ2) is 6.42. The number of nitrogens with one attached hydrogen (secondary N) is 1. The molecule has 116 valence electrons. The number of benzene rings is 1. The van der Waals surface area contributed by atoms with Gasteiger partial charge in [-0.25, -0.2) is 13.2 Å². The lowest BCUT2D eigenvalue weighted by atomic mass is 10.2. The van der Waals surface area contributed by atoms with Gasteiger partial charge in [0.2, 0.25) is 0 Å². The van der Waals surface area contributed by atoms with Crippen molar-refractivity contribution in [3.05, 3.63) is 23.8 Å². The topological polar surface area (TPSA) is 102 Å². The fraction of sp³-hybridized carbons (Fsp3) is 0.462. The highest BCUT2D eigenvalue weighted by molar-refractivity contribution is 7.89. The van der Waals surface area contributed by atoms with Gasteiger partial charge >= 0.3 is 5.97 Å². The quantitative estimate of drug-likeness (QED) is 0.772. The van der Waals surface area contributed by atoms with E-state index >= 15 is 0 Å². The number of hydrogen-bond donors (Lipinski definition) is 2. The summed E-state index contributed by atoms with van der Waals surface area (Å²) in [5.74, 6) is -1.16. The number of aromatic carboxylic acids is 1. The molecular formula is C13H17NO6S. The Morgan fingerprint density at radius 1 is 1.33 bits per heavy atom. The fourth-order valence-corrected chi connectivity index (χ4v) is 3.25. The van der Waals surface area contributed by atoms with Crippen LogP contribution < -0.4 is 9.62 Å². The number of ether oxygens (including phenoxy) is 1. The standard InChI is InChI=1S/C13H17NO6S/c1-19-11-7-6-9(13(15)16)8-12(11)21(17,18)14-20-10-4-2-3-5-10/h6-8,10,14H,2-5H2,1H3,(H,15,16). The summed E-state index contributed by atoms with van der Waals surface area (Å²) in [4.78, 5) is 17.9. The molecule has 1 aliphatic carbocycles. The van der Waals surface area contributed by atoms with Crippen molar-refractivity contribution in [2.75, 3.05) is 7.11 Å². The molecule has 1 saturated carbocycles. The lowest BCUT2D eigenvalue weighted by Gasteiger charge is -2.14. The van der Waals surface area contributed by atoms with Crippen LogP contribution in [0.4, 0.5) is 0 Å². The van der Waals surface area contributed by atoms with Gasteiger partial charge < -0.3 is 9.84 Å². The zero-order valence-corrected chi connectivity index (χ0v) is 12.4. The van der Waals surface area contributed by atoms with E-state index in [2.05, 4.69) is 4.89 Å². The Labute approximate surface area is 122 Å². The molecule has 0 radical (unpaired) electrons. The molecule has 0 aliphatic heterocycles. The predicted octanol–water partition coefficient (Wildman–Crippen LogP) is 1.55. The molecule has 1 aromatic carbocycles. The van der Waals surface area contributed by atoms with Crippen molar-refractivity contribution in [3.8, 4) is 5.75 Å². The molecule has 0 heterocycles. The minimum atomic E-state index is -4.01. The third-order valence-electron chi connectivity index (χ3n) is 3.33. The van der Waals surface area contributed by atoms with Crippen LogP contribution in [0, 0.1) is 0 Å². The molecule has 0 aromatic heterocycles. The van der Waals surface area contributed by atoms with E-state index in [0.717, 1.165) is 31.7 Å². The minimum Gasteiger partial charge on any atom is -0.495 e. The largest absolute Gasteiger partial charge is 0.495 e. The Morgan fingerprint density at radius 2 is 2.00 bits per heavy atom. The average Bonchev–Trinajstić information content (AvgIpc) is 2.98. The normalized spacial score (nSPS) is 16.0. The van der Waals surface area contributed by atoms with E-state index in [1.807, 2.05) is 0 Å². The first-order valence-electron chi connectivity index (χ1n) is 6.53. The second-order valence-corrected chi connectivity index (χ2v) is 6.40. The summed E-state index contributed by atoms with van der Waals surface area (Å²) >= 11 is 0. The molecule has 0 atom stereocenters. The first-order valence-corrected chi connectivity index (χ1v) is 8.01. The van der Waals surface area contributed by atoms with E-state index in [0.29, 0.717) is 0 Å². The maximum Gasteiger partial charge on any atom is 0.335 e. The molecule has 0 unspecified atom stereocenters. The number of hydrogen-bond acceptors (Lipinski definition) is 5. The number of sulfonamides is 1. The smallest absolute Gasteiger partial charge is 0.335 e. The van der Waals surface area contributed by atoms with Crippen LogP contribution in [0.5, 0.6) is 5.75 Å². The lowest BCUT2D eigenvalue weighted by Crippen LogP contribution is -2.29. The summed E-state index contributed by atoms with van der Waals surface area (Å²) < 4.78 is 29.4. The first-order chi connectivity index (χ1) is 9.94. The molecule has 21 heavy (non-hydrogen) atoms. The third kappa shape index (κ3) is 3.72. The molecule has 0 bridgehead atoms. The summed E-state index contributed by atoms with van der Waals surface area (Å²) in [7, 11) is -2.69. The van der Waals surface area contributed by atoms with Crippen molar-refractivity contribution in [2.45, 2.75) is 36.7 Å². The maximum atomic E-state index is 12.2. The lowest BCUT2D eigenvalue weighted by molar-refractivity contribution is 0.0222. The molecule has 0 amide bonds. The summed E-state index contributed by atoms with van der Waals surface area (Å²) in [5, 5.41) is 8.95. The number of rotatable bonds is 6. The van der Waals surface area contributed by atoms with Crippen LogP contribution in [-0.2, 0) is 14.9 Å². The van der Waals surface area contributed by atoms with Gasteiger partial charge in [-0.15, -0.1) is 0 Å². The predicted molar refractivity (Wildman–Crippen MR) is 73.6 cm³/mol. The molecular weight excluding hydrogens is 298 g/mol. The highest BCUT2D eigenvalue weighted by atomic mass is 32.2. The third-order valence-corrected chi connectivity index (χ3v) is 4.54. The Bertz CT molecular complexity index is 622. The van der Waals surface area contributed by atoms with E-state index in [1.165, 1.54) is 19.2 Å². The average molecular weight is 315 g/mol. The van der Waals surface area contributed by atoms with Crippen molar-refractivity contribution in [1.29, 1.82) is 0 Å². The number of carboxylic acid groups (broad SMARTS) is 1. The number of carbonyl (C=O) groups is 1. The van der Waals surface area contributed by atoms with Crippen LogP contribution in [0.2, 0.25) is 0 Å². The molecule has 1 fully saturated rings. The fourth-order valence-electron chi connectivity index (χ4n) is 2.20. The van der Waals surface area contributed by atoms with Crippen LogP contribution in [0.3, 0.4) is 0 Å². The second-order valence-electron chi connectivity index (χ2n) is 4.78. The SMILES string of the molecule is COc1ccc(C(=O)O)cc1S(=O)(=O)NOC1CCCC1. The highest BCUT2D eigenvalue weighted by Gasteiger charge is 2.24. The van der Waals surface area contributed by atoms with Gasteiger partial charge in [-0.2, -0.15) is 0 Å². The first kappa shape index (κ1) is 15.7. The van der Waals surface area contributed by atoms with E-state index in [-0.39, 0.29) is 22.3 Å². The van der Waals surface area contributed by atoms with Gasteiger partial charge in [0.15, 0.2) is 0 Å². The van der Waals surface area contributed by atoms with Crippen LogP contribution in [0.1, 0.15) is 36.0 Å².